The van der Waals surface area contributed by atoms with Gasteiger partial charge in [-0.3, -0.25) is 9.48 Å². The van der Waals surface area contributed by atoms with Crippen LogP contribution in [0, 0.1) is 0 Å². The number of furan rings is 1. The fourth-order valence-corrected chi connectivity index (χ4v) is 3.08. The Balaban J connectivity index is 1.81. The lowest BCUT2D eigenvalue weighted by molar-refractivity contribution is 0.0902. The van der Waals surface area contributed by atoms with E-state index >= 15 is 0 Å². The minimum absolute atomic E-state index is 0.105. The third-order valence-electron chi connectivity index (χ3n) is 3.69. The van der Waals surface area contributed by atoms with Gasteiger partial charge >= 0.3 is 0 Å². The second-order valence-corrected chi connectivity index (χ2v) is 6.03. The van der Waals surface area contributed by atoms with Crippen LogP contribution in [0.3, 0.4) is 0 Å². The topological polar surface area (TPSA) is 72.1 Å². The molecule has 8 heteroatoms. The second-order valence-electron chi connectivity index (χ2n) is 5.28. The number of piperidine rings is 1. The number of halogens is 2. The predicted octanol–water partition coefficient (Wildman–Crippen LogP) is 2.47. The molecule has 2 aromatic heterocycles. The van der Waals surface area contributed by atoms with E-state index in [1.807, 2.05) is 0 Å². The summed E-state index contributed by atoms with van der Waals surface area (Å²) in [6, 6.07) is 1.70. The molecular formula is C14H16Cl2N4O2. The lowest BCUT2D eigenvalue weighted by Gasteiger charge is -2.23. The molecule has 0 radical (unpaired) electrons. The van der Waals surface area contributed by atoms with Gasteiger partial charge in [-0.15, -0.1) is 0 Å². The molecule has 3 heterocycles. The maximum absolute atomic E-state index is 12.3. The molecule has 6 nitrogen and oxygen atoms in total. The summed E-state index contributed by atoms with van der Waals surface area (Å²) in [5.41, 5.74) is 1.17. The number of aryl methyl sites for hydroxylation is 1. The van der Waals surface area contributed by atoms with Crippen LogP contribution in [-0.4, -0.2) is 34.8 Å². The Labute approximate surface area is 137 Å². The number of rotatable bonds is 3. The molecule has 1 fully saturated rings. The van der Waals surface area contributed by atoms with Gasteiger partial charge in [0, 0.05) is 25.7 Å². The van der Waals surface area contributed by atoms with Crippen LogP contribution in [0.25, 0.3) is 11.3 Å². The van der Waals surface area contributed by atoms with Crippen molar-refractivity contribution >= 4 is 29.1 Å². The van der Waals surface area contributed by atoms with Gasteiger partial charge in [0.2, 0.25) is 5.22 Å². The summed E-state index contributed by atoms with van der Waals surface area (Å²) < 4.78 is 6.97. The number of hydrogen-bond acceptors (Lipinski definition) is 4. The van der Waals surface area contributed by atoms with Crippen LogP contribution in [-0.2, 0) is 7.05 Å². The zero-order valence-electron chi connectivity index (χ0n) is 12.0. The normalized spacial score (nSPS) is 18.4. The molecule has 1 aliphatic heterocycles. The predicted molar refractivity (Wildman–Crippen MR) is 84.3 cm³/mol. The fraction of sp³-hybridized carbons (Fsp3) is 0.429. The highest BCUT2D eigenvalue weighted by molar-refractivity contribution is 6.35. The molecule has 0 unspecified atom stereocenters. The van der Waals surface area contributed by atoms with Crippen LogP contribution in [0.5, 0.6) is 0 Å². The average molecular weight is 343 g/mol. The Morgan fingerprint density at radius 3 is 3.00 bits per heavy atom. The summed E-state index contributed by atoms with van der Waals surface area (Å²) in [4.78, 5) is 12.3. The summed E-state index contributed by atoms with van der Waals surface area (Å²) in [5.74, 6) is -0.108. The van der Waals surface area contributed by atoms with E-state index in [0.29, 0.717) is 16.3 Å². The Hall–Kier alpha value is -1.50. The average Bonchev–Trinajstić information content (AvgIpc) is 3.03. The molecule has 22 heavy (non-hydrogen) atoms. The van der Waals surface area contributed by atoms with Crippen molar-refractivity contribution < 1.29 is 9.21 Å². The molecule has 0 bridgehead atoms. The number of carbonyl (C=O) groups is 1. The Bertz CT molecular complexity index is 670. The van der Waals surface area contributed by atoms with Crippen molar-refractivity contribution in [2.24, 2.45) is 7.05 Å². The summed E-state index contributed by atoms with van der Waals surface area (Å²) in [7, 11) is 1.75. The minimum Gasteiger partial charge on any atom is -0.439 e. The highest BCUT2D eigenvalue weighted by atomic mass is 35.5. The standard InChI is InChI=1S/C14H16Cl2N4O2/c1-20-12(10(15)7-18-20)9-5-11(22-13(9)16)14(21)19-8-3-2-4-17-6-8/h5,7-8,17H,2-4,6H2,1H3,(H,19,21)/t8-/m0/s1. The van der Waals surface area contributed by atoms with Gasteiger partial charge in [0.15, 0.2) is 5.76 Å². The van der Waals surface area contributed by atoms with Crippen molar-refractivity contribution in [3.05, 3.63) is 28.3 Å². The lowest BCUT2D eigenvalue weighted by atomic mass is 10.1. The lowest BCUT2D eigenvalue weighted by Crippen LogP contribution is -2.45. The van der Waals surface area contributed by atoms with E-state index < -0.39 is 0 Å². The molecule has 1 atom stereocenters. The van der Waals surface area contributed by atoms with E-state index in [1.54, 1.807) is 17.8 Å². The van der Waals surface area contributed by atoms with Gasteiger partial charge in [0.05, 0.1) is 22.5 Å². The van der Waals surface area contributed by atoms with Crippen molar-refractivity contribution in [3.63, 3.8) is 0 Å². The van der Waals surface area contributed by atoms with Gasteiger partial charge in [-0.25, -0.2) is 0 Å². The molecule has 1 saturated heterocycles. The maximum Gasteiger partial charge on any atom is 0.287 e. The smallest absolute Gasteiger partial charge is 0.287 e. The molecule has 3 rings (SSSR count). The van der Waals surface area contributed by atoms with Gasteiger partial charge in [-0.05, 0) is 31.0 Å². The van der Waals surface area contributed by atoms with Gasteiger partial charge in [0.25, 0.3) is 5.91 Å². The van der Waals surface area contributed by atoms with Crippen molar-refractivity contribution in [2.75, 3.05) is 13.1 Å². The summed E-state index contributed by atoms with van der Waals surface area (Å²) in [6.07, 6.45) is 3.51. The first-order valence-electron chi connectivity index (χ1n) is 7.05. The van der Waals surface area contributed by atoms with Gasteiger partial charge < -0.3 is 15.1 Å². The van der Waals surface area contributed by atoms with Gasteiger partial charge in [-0.2, -0.15) is 5.10 Å². The van der Waals surface area contributed by atoms with Crippen LogP contribution in [0.1, 0.15) is 23.4 Å². The molecule has 2 N–H and O–H groups in total. The number of hydrogen-bond donors (Lipinski definition) is 2. The molecule has 0 aliphatic carbocycles. The van der Waals surface area contributed by atoms with Gasteiger partial charge in [0.1, 0.15) is 0 Å². The molecule has 0 spiro atoms. The number of nitrogens with zero attached hydrogens (tertiary/aromatic N) is 2. The van der Waals surface area contributed by atoms with Crippen LogP contribution in [0.15, 0.2) is 16.7 Å². The quantitative estimate of drug-likeness (QED) is 0.898. The molecule has 0 saturated carbocycles. The number of amides is 1. The molecular weight excluding hydrogens is 327 g/mol. The van der Waals surface area contributed by atoms with E-state index in [4.69, 9.17) is 27.6 Å². The van der Waals surface area contributed by atoms with E-state index in [2.05, 4.69) is 15.7 Å². The van der Waals surface area contributed by atoms with E-state index in [0.717, 1.165) is 25.9 Å². The van der Waals surface area contributed by atoms with Crippen LogP contribution >= 0.6 is 23.2 Å². The van der Waals surface area contributed by atoms with Crippen molar-refractivity contribution in [2.45, 2.75) is 18.9 Å². The Kier molecular flexibility index (Phi) is 4.42. The number of aromatic nitrogens is 2. The van der Waals surface area contributed by atoms with Crippen LogP contribution in [0.4, 0.5) is 0 Å². The molecule has 2 aromatic rings. The largest absolute Gasteiger partial charge is 0.439 e. The zero-order chi connectivity index (χ0) is 15.7. The highest BCUT2D eigenvalue weighted by Gasteiger charge is 2.23. The Morgan fingerprint density at radius 2 is 2.36 bits per heavy atom. The minimum atomic E-state index is -0.278. The first-order chi connectivity index (χ1) is 10.6. The van der Waals surface area contributed by atoms with Crippen molar-refractivity contribution in [1.29, 1.82) is 0 Å². The first-order valence-corrected chi connectivity index (χ1v) is 7.80. The molecule has 0 aromatic carbocycles. The molecule has 118 valence electrons. The monoisotopic (exact) mass is 342 g/mol. The van der Waals surface area contributed by atoms with Crippen molar-refractivity contribution in [1.82, 2.24) is 20.4 Å². The zero-order valence-corrected chi connectivity index (χ0v) is 13.5. The van der Waals surface area contributed by atoms with E-state index in [-0.39, 0.29) is 22.9 Å². The highest BCUT2D eigenvalue weighted by Crippen LogP contribution is 2.35. The van der Waals surface area contributed by atoms with Crippen LogP contribution < -0.4 is 10.6 Å². The molecule has 1 amide bonds. The first kappa shape index (κ1) is 15.4. The summed E-state index contributed by atoms with van der Waals surface area (Å²) in [6.45, 7) is 1.75. The second kappa shape index (κ2) is 6.32. The van der Waals surface area contributed by atoms with Crippen molar-refractivity contribution in [3.8, 4) is 11.3 Å². The number of nitrogens with one attached hydrogen (secondary N) is 2. The Morgan fingerprint density at radius 1 is 1.55 bits per heavy atom. The summed E-state index contributed by atoms with van der Waals surface area (Å²) in [5, 5.41) is 10.8. The third-order valence-corrected chi connectivity index (χ3v) is 4.25. The van der Waals surface area contributed by atoms with Gasteiger partial charge in [-0.1, -0.05) is 11.6 Å². The van der Waals surface area contributed by atoms with E-state index in [9.17, 15) is 4.79 Å². The maximum atomic E-state index is 12.3. The SMILES string of the molecule is Cn1ncc(Cl)c1-c1cc(C(=O)N[C@H]2CCCNC2)oc1Cl. The fourth-order valence-electron chi connectivity index (χ4n) is 2.59. The summed E-state index contributed by atoms with van der Waals surface area (Å²) >= 11 is 12.2. The molecule has 1 aliphatic rings. The number of carbonyl (C=O) groups excluding carboxylic acids is 1. The van der Waals surface area contributed by atoms with Crippen LogP contribution in [0.2, 0.25) is 10.2 Å². The van der Waals surface area contributed by atoms with E-state index in [1.165, 1.54) is 6.20 Å². The third kappa shape index (κ3) is 2.99.